The minimum atomic E-state index is -0.128. The summed E-state index contributed by atoms with van der Waals surface area (Å²) in [7, 11) is 0. The van der Waals surface area contributed by atoms with Crippen molar-refractivity contribution in [3.05, 3.63) is 46.2 Å². The third-order valence-electron chi connectivity index (χ3n) is 3.00. The van der Waals surface area contributed by atoms with Crippen molar-refractivity contribution in [1.29, 1.82) is 5.26 Å². The van der Waals surface area contributed by atoms with E-state index in [1.54, 1.807) is 28.9 Å². The van der Waals surface area contributed by atoms with Crippen LogP contribution < -0.4 is 0 Å². The Hall–Kier alpha value is -1.83. The standard InChI is InChI=1S/C15H16ClN3O/c1-10(2)7-14-13(9-20)15(16)19(18-14)12-5-3-11(8-17)4-6-12/h3-6,10,20H,7,9H2,1-2H3. The summed E-state index contributed by atoms with van der Waals surface area (Å²) in [5.41, 5.74) is 2.85. The first-order valence-corrected chi connectivity index (χ1v) is 6.82. The zero-order chi connectivity index (χ0) is 14.7. The maximum atomic E-state index is 9.47. The van der Waals surface area contributed by atoms with Crippen LogP contribution in [0.25, 0.3) is 5.69 Å². The smallest absolute Gasteiger partial charge is 0.138 e. The van der Waals surface area contributed by atoms with E-state index in [0.717, 1.165) is 17.8 Å². The lowest BCUT2D eigenvalue weighted by Crippen LogP contribution is -2.00. The second-order valence-electron chi connectivity index (χ2n) is 5.04. The molecule has 0 saturated heterocycles. The highest BCUT2D eigenvalue weighted by Crippen LogP contribution is 2.25. The fraction of sp³-hybridized carbons (Fsp3) is 0.333. The van der Waals surface area contributed by atoms with Gasteiger partial charge in [-0.25, -0.2) is 4.68 Å². The van der Waals surface area contributed by atoms with E-state index in [2.05, 4.69) is 25.0 Å². The number of hydrogen-bond donors (Lipinski definition) is 1. The molecular formula is C15H16ClN3O. The molecule has 104 valence electrons. The van der Waals surface area contributed by atoms with E-state index in [1.165, 1.54) is 0 Å². The van der Waals surface area contributed by atoms with Crippen molar-refractivity contribution in [3.8, 4) is 11.8 Å². The van der Waals surface area contributed by atoms with Crippen LogP contribution in [0, 0.1) is 17.2 Å². The van der Waals surface area contributed by atoms with Crippen LogP contribution in [-0.4, -0.2) is 14.9 Å². The zero-order valence-electron chi connectivity index (χ0n) is 11.5. The predicted octanol–water partition coefficient (Wildman–Crippen LogP) is 3.09. The van der Waals surface area contributed by atoms with E-state index < -0.39 is 0 Å². The average molecular weight is 290 g/mol. The molecule has 20 heavy (non-hydrogen) atoms. The molecular weight excluding hydrogens is 274 g/mol. The minimum absolute atomic E-state index is 0.128. The molecule has 1 heterocycles. The van der Waals surface area contributed by atoms with Crippen LogP contribution in [0.2, 0.25) is 5.15 Å². The molecule has 2 aromatic rings. The number of rotatable bonds is 4. The molecule has 1 N–H and O–H groups in total. The molecule has 5 heteroatoms. The van der Waals surface area contributed by atoms with Crippen LogP contribution in [0.4, 0.5) is 0 Å². The fourth-order valence-electron chi connectivity index (χ4n) is 2.03. The van der Waals surface area contributed by atoms with Crippen LogP contribution in [0.15, 0.2) is 24.3 Å². The first-order valence-electron chi connectivity index (χ1n) is 6.44. The Labute approximate surface area is 123 Å². The third-order valence-corrected chi connectivity index (χ3v) is 3.39. The van der Waals surface area contributed by atoms with Crippen LogP contribution >= 0.6 is 11.6 Å². The number of aliphatic hydroxyl groups is 1. The van der Waals surface area contributed by atoms with Gasteiger partial charge >= 0.3 is 0 Å². The van der Waals surface area contributed by atoms with Crippen molar-refractivity contribution < 1.29 is 5.11 Å². The monoisotopic (exact) mass is 289 g/mol. The van der Waals surface area contributed by atoms with Crippen molar-refractivity contribution in [1.82, 2.24) is 9.78 Å². The first kappa shape index (κ1) is 14.6. The summed E-state index contributed by atoms with van der Waals surface area (Å²) < 4.78 is 1.60. The Bertz CT molecular complexity index is 638. The van der Waals surface area contributed by atoms with E-state index >= 15 is 0 Å². The second-order valence-corrected chi connectivity index (χ2v) is 5.40. The summed E-state index contributed by atoms with van der Waals surface area (Å²) in [6.07, 6.45) is 0.763. The highest BCUT2D eigenvalue weighted by molar-refractivity contribution is 6.30. The highest BCUT2D eigenvalue weighted by Gasteiger charge is 2.17. The number of nitrogens with zero attached hydrogens (tertiary/aromatic N) is 3. The quantitative estimate of drug-likeness (QED) is 0.941. The molecule has 0 fully saturated rings. The van der Waals surface area contributed by atoms with Crippen molar-refractivity contribution in [3.63, 3.8) is 0 Å². The molecule has 0 amide bonds. The summed E-state index contributed by atoms with van der Waals surface area (Å²) in [6.45, 7) is 4.06. The van der Waals surface area contributed by atoms with Gasteiger partial charge in [0.15, 0.2) is 0 Å². The number of halogens is 1. The summed E-state index contributed by atoms with van der Waals surface area (Å²) in [4.78, 5) is 0. The van der Waals surface area contributed by atoms with Crippen LogP contribution in [0.1, 0.15) is 30.7 Å². The molecule has 0 saturated carbocycles. The van der Waals surface area contributed by atoms with Gasteiger partial charge in [0.25, 0.3) is 0 Å². The lowest BCUT2D eigenvalue weighted by molar-refractivity contribution is 0.280. The van der Waals surface area contributed by atoms with Crippen molar-refractivity contribution in [2.45, 2.75) is 26.9 Å². The van der Waals surface area contributed by atoms with E-state index in [4.69, 9.17) is 16.9 Å². The summed E-state index contributed by atoms with van der Waals surface area (Å²) in [5.74, 6) is 0.431. The lowest BCUT2D eigenvalue weighted by Gasteiger charge is -2.03. The second kappa shape index (κ2) is 6.08. The van der Waals surface area contributed by atoms with E-state index in [-0.39, 0.29) is 6.61 Å². The van der Waals surface area contributed by atoms with Crippen LogP contribution in [-0.2, 0) is 13.0 Å². The van der Waals surface area contributed by atoms with Gasteiger partial charge in [0.2, 0.25) is 0 Å². The van der Waals surface area contributed by atoms with Gasteiger partial charge in [0, 0.05) is 5.56 Å². The molecule has 0 unspecified atom stereocenters. The number of benzene rings is 1. The Kier molecular flexibility index (Phi) is 4.43. The van der Waals surface area contributed by atoms with Crippen molar-refractivity contribution >= 4 is 11.6 Å². The van der Waals surface area contributed by atoms with Crippen LogP contribution in [0.5, 0.6) is 0 Å². The zero-order valence-corrected chi connectivity index (χ0v) is 12.2. The largest absolute Gasteiger partial charge is 0.391 e. The molecule has 0 spiro atoms. The minimum Gasteiger partial charge on any atom is -0.391 e. The summed E-state index contributed by atoms with van der Waals surface area (Å²) in [5, 5.41) is 23.2. The number of nitriles is 1. The Balaban J connectivity index is 2.45. The normalized spacial score (nSPS) is 10.8. The van der Waals surface area contributed by atoms with Crippen molar-refractivity contribution in [2.75, 3.05) is 0 Å². The third kappa shape index (κ3) is 2.84. The van der Waals surface area contributed by atoms with Gasteiger partial charge < -0.3 is 5.11 Å². The lowest BCUT2D eigenvalue weighted by atomic mass is 10.1. The maximum absolute atomic E-state index is 9.47. The van der Waals surface area contributed by atoms with E-state index in [0.29, 0.717) is 22.2 Å². The molecule has 0 radical (unpaired) electrons. The van der Waals surface area contributed by atoms with Gasteiger partial charge in [-0.05, 0) is 36.6 Å². The molecule has 0 bridgehead atoms. The summed E-state index contributed by atoms with van der Waals surface area (Å²) in [6, 6.07) is 9.08. The molecule has 1 aromatic heterocycles. The maximum Gasteiger partial charge on any atom is 0.138 e. The van der Waals surface area contributed by atoms with Gasteiger partial charge in [0.1, 0.15) is 5.15 Å². The van der Waals surface area contributed by atoms with E-state index in [1.807, 2.05) is 0 Å². The van der Waals surface area contributed by atoms with E-state index in [9.17, 15) is 5.11 Å². The molecule has 0 aliphatic heterocycles. The van der Waals surface area contributed by atoms with Gasteiger partial charge in [-0.2, -0.15) is 10.4 Å². The first-order chi connectivity index (χ1) is 9.56. The molecule has 0 atom stereocenters. The van der Waals surface area contributed by atoms with Gasteiger partial charge in [-0.3, -0.25) is 0 Å². The summed E-state index contributed by atoms with van der Waals surface area (Å²) >= 11 is 6.30. The SMILES string of the molecule is CC(C)Cc1nn(-c2ccc(C#N)cc2)c(Cl)c1CO. The van der Waals surface area contributed by atoms with Crippen LogP contribution in [0.3, 0.4) is 0 Å². The molecule has 2 rings (SSSR count). The van der Waals surface area contributed by atoms with Crippen molar-refractivity contribution in [2.24, 2.45) is 5.92 Å². The predicted molar refractivity (Wildman–Crippen MR) is 77.8 cm³/mol. The highest BCUT2D eigenvalue weighted by atomic mass is 35.5. The van der Waals surface area contributed by atoms with Gasteiger partial charge in [-0.15, -0.1) is 0 Å². The van der Waals surface area contributed by atoms with Gasteiger partial charge in [0.05, 0.1) is 29.6 Å². The Morgan fingerprint density at radius 1 is 1.35 bits per heavy atom. The molecule has 0 aliphatic rings. The molecule has 4 nitrogen and oxygen atoms in total. The number of aliphatic hydroxyl groups excluding tert-OH is 1. The van der Waals surface area contributed by atoms with Gasteiger partial charge in [-0.1, -0.05) is 25.4 Å². The Morgan fingerprint density at radius 3 is 2.50 bits per heavy atom. The molecule has 0 aliphatic carbocycles. The molecule has 1 aromatic carbocycles. The topological polar surface area (TPSA) is 61.8 Å². The Morgan fingerprint density at radius 2 is 2.00 bits per heavy atom. The average Bonchev–Trinajstić information content (AvgIpc) is 2.74. The number of aromatic nitrogens is 2. The fourth-order valence-corrected chi connectivity index (χ4v) is 2.33. The number of hydrogen-bond acceptors (Lipinski definition) is 3.